The number of aromatic nitrogens is 2. The molecule has 0 saturated carbocycles. The first-order chi connectivity index (χ1) is 12.5. The van der Waals surface area contributed by atoms with E-state index in [2.05, 4.69) is 27.0 Å². The van der Waals surface area contributed by atoms with Crippen molar-refractivity contribution in [2.75, 3.05) is 18.5 Å². The molecule has 1 aliphatic heterocycles. The van der Waals surface area contributed by atoms with E-state index in [1.165, 1.54) is 4.88 Å². The summed E-state index contributed by atoms with van der Waals surface area (Å²) < 4.78 is 20.3. The SMILES string of the molecule is Cc1c(C[C@@H](N)CC2(F)COC2)sc2c(NCc3cccs3)cnnc12. The number of nitrogens with two attached hydrogens (primary N) is 1. The van der Waals surface area contributed by atoms with Crippen molar-refractivity contribution in [1.29, 1.82) is 0 Å². The fraction of sp³-hybridized carbons (Fsp3) is 0.444. The maximum atomic E-state index is 14.2. The Morgan fingerprint density at radius 2 is 2.31 bits per heavy atom. The third-order valence-corrected chi connectivity index (χ3v) is 6.85. The highest BCUT2D eigenvalue weighted by Crippen LogP contribution is 2.36. The number of alkyl halides is 1. The molecule has 0 aliphatic carbocycles. The predicted octanol–water partition coefficient (Wildman–Crippen LogP) is 3.67. The number of aryl methyl sites for hydroxylation is 1. The minimum atomic E-state index is -1.25. The molecule has 3 aromatic rings. The number of halogens is 1. The number of rotatable bonds is 7. The molecular formula is C18H21FN4OS2. The van der Waals surface area contributed by atoms with Gasteiger partial charge in [-0.3, -0.25) is 0 Å². The van der Waals surface area contributed by atoms with Crippen molar-refractivity contribution in [3.8, 4) is 0 Å². The van der Waals surface area contributed by atoms with Gasteiger partial charge in [-0.25, -0.2) is 4.39 Å². The molecule has 0 radical (unpaired) electrons. The predicted molar refractivity (Wildman–Crippen MR) is 105 cm³/mol. The van der Waals surface area contributed by atoms with Crippen molar-refractivity contribution in [2.24, 2.45) is 5.73 Å². The monoisotopic (exact) mass is 392 g/mol. The van der Waals surface area contributed by atoms with Crippen LogP contribution in [0.4, 0.5) is 10.1 Å². The highest BCUT2D eigenvalue weighted by atomic mass is 32.1. The molecule has 0 bridgehead atoms. The maximum absolute atomic E-state index is 14.2. The largest absolute Gasteiger partial charge is 0.378 e. The van der Waals surface area contributed by atoms with Crippen molar-refractivity contribution in [3.05, 3.63) is 39.0 Å². The summed E-state index contributed by atoms with van der Waals surface area (Å²) in [5, 5.41) is 14.0. The average molecular weight is 393 g/mol. The van der Waals surface area contributed by atoms with Gasteiger partial charge in [-0.2, -0.15) is 5.10 Å². The lowest BCUT2D eigenvalue weighted by atomic mass is 9.93. The summed E-state index contributed by atoms with van der Waals surface area (Å²) >= 11 is 3.39. The minimum absolute atomic E-state index is 0.161. The molecule has 1 aliphatic rings. The van der Waals surface area contributed by atoms with Gasteiger partial charge in [0, 0.05) is 28.8 Å². The van der Waals surface area contributed by atoms with Crippen LogP contribution < -0.4 is 11.1 Å². The van der Waals surface area contributed by atoms with E-state index >= 15 is 0 Å². The lowest BCUT2D eigenvalue weighted by molar-refractivity contribution is -0.135. The summed E-state index contributed by atoms with van der Waals surface area (Å²) in [4.78, 5) is 2.41. The van der Waals surface area contributed by atoms with Crippen LogP contribution in [0.1, 0.15) is 21.7 Å². The van der Waals surface area contributed by atoms with Crippen molar-refractivity contribution < 1.29 is 9.13 Å². The van der Waals surface area contributed by atoms with Crippen LogP contribution in [-0.4, -0.2) is 35.1 Å². The van der Waals surface area contributed by atoms with Crippen LogP contribution in [0.2, 0.25) is 0 Å². The Kier molecular flexibility index (Phi) is 4.92. The lowest BCUT2D eigenvalue weighted by Gasteiger charge is -2.35. The van der Waals surface area contributed by atoms with Crippen LogP contribution in [-0.2, 0) is 17.7 Å². The topological polar surface area (TPSA) is 73.1 Å². The molecule has 0 aromatic carbocycles. The molecule has 1 fully saturated rings. The molecule has 8 heteroatoms. The summed E-state index contributed by atoms with van der Waals surface area (Å²) in [5.41, 5.74) is 7.93. The zero-order valence-corrected chi connectivity index (χ0v) is 16.1. The van der Waals surface area contributed by atoms with Gasteiger partial charge in [0.2, 0.25) is 0 Å². The van der Waals surface area contributed by atoms with Crippen LogP contribution in [0.3, 0.4) is 0 Å². The fourth-order valence-corrected chi connectivity index (χ4v) is 5.16. The molecule has 1 saturated heterocycles. The first kappa shape index (κ1) is 17.8. The van der Waals surface area contributed by atoms with Gasteiger partial charge in [-0.15, -0.1) is 27.8 Å². The van der Waals surface area contributed by atoms with E-state index < -0.39 is 5.67 Å². The highest BCUT2D eigenvalue weighted by molar-refractivity contribution is 7.19. The van der Waals surface area contributed by atoms with E-state index in [4.69, 9.17) is 10.5 Å². The van der Waals surface area contributed by atoms with Crippen LogP contribution >= 0.6 is 22.7 Å². The van der Waals surface area contributed by atoms with Crippen LogP contribution in [0.5, 0.6) is 0 Å². The standard InChI is InChI=1S/C18H21FN4OS2/c1-11-15(5-12(20)6-18(19)9-24-10-18)26-17-14(8-22-23-16(11)17)21-7-13-3-2-4-25-13/h2-4,8,12H,5-7,9-10,20H2,1H3,(H,21,23)/t12-/m1/s1. The number of fused-ring (bicyclic) bond motifs is 1. The summed E-state index contributed by atoms with van der Waals surface area (Å²) in [5.74, 6) is 0. The number of anilines is 1. The number of hydrogen-bond donors (Lipinski definition) is 2. The van der Waals surface area contributed by atoms with Gasteiger partial charge < -0.3 is 15.8 Å². The number of nitrogens with one attached hydrogen (secondary N) is 1. The van der Waals surface area contributed by atoms with E-state index in [0.29, 0.717) is 12.8 Å². The quantitative estimate of drug-likeness (QED) is 0.642. The molecule has 1 atom stereocenters. The molecule has 4 rings (SSSR count). The van der Waals surface area contributed by atoms with Gasteiger partial charge >= 0.3 is 0 Å². The van der Waals surface area contributed by atoms with E-state index in [1.807, 2.05) is 13.0 Å². The van der Waals surface area contributed by atoms with Crippen LogP contribution in [0, 0.1) is 6.92 Å². The Morgan fingerprint density at radius 1 is 1.46 bits per heavy atom. The minimum Gasteiger partial charge on any atom is -0.378 e. The average Bonchev–Trinajstić information content (AvgIpc) is 3.21. The highest BCUT2D eigenvalue weighted by Gasteiger charge is 2.40. The third-order valence-electron chi connectivity index (χ3n) is 4.63. The smallest absolute Gasteiger partial charge is 0.158 e. The van der Waals surface area contributed by atoms with Crippen LogP contribution in [0.25, 0.3) is 10.2 Å². The maximum Gasteiger partial charge on any atom is 0.158 e. The first-order valence-corrected chi connectivity index (χ1v) is 10.3. The third kappa shape index (κ3) is 3.59. The second kappa shape index (κ2) is 7.19. The van der Waals surface area contributed by atoms with Crippen molar-refractivity contribution in [3.63, 3.8) is 0 Å². The van der Waals surface area contributed by atoms with Gasteiger partial charge in [0.25, 0.3) is 0 Å². The molecule has 138 valence electrons. The second-order valence-electron chi connectivity index (χ2n) is 6.83. The zero-order chi connectivity index (χ0) is 18.1. The Labute approximate surface area is 159 Å². The first-order valence-electron chi connectivity index (χ1n) is 8.56. The van der Waals surface area contributed by atoms with Gasteiger partial charge in [0.05, 0.1) is 29.8 Å². The molecule has 4 heterocycles. The molecular weight excluding hydrogens is 371 g/mol. The Balaban J connectivity index is 1.52. The molecule has 5 nitrogen and oxygen atoms in total. The van der Waals surface area contributed by atoms with Crippen molar-refractivity contribution >= 4 is 38.6 Å². The number of ether oxygens (including phenoxy) is 1. The molecule has 0 unspecified atom stereocenters. The normalized spacial score (nSPS) is 17.2. The number of nitrogens with zero attached hydrogens (tertiary/aromatic N) is 2. The molecule has 3 N–H and O–H groups in total. The zero-order valence-electron chi connectivity index (χ0n) is 14.5. The molecule has 26 heavy (non-hydrogen) atoms. The van der Waals surface area contributed by atoms with Crippen LogP contribution in [0.15, 0.2) is 23.7 Å². The fourth-order valence-electron chi connectivity index (χ4n) is 3.19. The Bertz CT molecular complexity index is 892. The summed E-state index contributed by atoms with van der Waals surface area (Å²) in [6, 6.07) is 3.91. The van der Waals surface area contributed by atoms with Gasteiger partial charge in [-0.05, 0) is 30.4 Å². The van der Waals surface area contributed by atoms with Gasteiger partial charge in [0.1, 0.15) is 5.52 Å². The molecule has 3 aromatic heterocycles. The van der Waals surface area contributed by atoms with E-state index in [-0.39, 0.29) is 19.3 Å². The van der Waals surface area contributed by atoms with Gasteiger partial charge in [0.15, 0.2) is 5.67 Å². The van der Waals surface area contributed by atoms with E-state index in [9.17, 15) is 4.39 Å². The number of hydrogen-bond acceptors (Lipinski definition) is 7. The summed E-state index contributed by atoms with van der Waals surface area (Å²) in [7, 11) is 0. The number of thiophene rings is 2. The second-order valence-corrected chi connectivity index (χ2v) is 8.97. The van der Waals surface area contributed by atoms with E-state index in [1.54, 1.807) is 28.9 Å². The Hall–Kier alpha value is -1.61. The molecule has 0 spiro atoms. The Morgan fingerprint density at radius 3 is 3.00 bits per heavy atom. The summed E-state index contributed by atoms with van der Waals surface area (Å²) in [6.07, 6.45) is 2.73. The van der Waals surface area contributed by atoms with Gasteiger partial charge in [-0.1, -0.05) is 6.07 Å². The van der Waals surface area contributed by atoms with E-state index in [0.717, 1.165) is 32.9 Å². The summed E-state index contributed by atoms with van der Waals surface area (Å²) in [6.45, 7) is 3.12. The lowest BCUT2D eigenvalue weighted by Crippen LogP contribution is -2.49. The van der Waals surface area contributed by atoms with Crippen molar-refractivity contribution in [2.45, 2.75) is 38.0 Å². The van der Waals surface area contributed by atoms with Crippen molar-refractivity contribution in [1.82, 2.24) is 10.2 Å². The molecule has 0 amide bonds.